The molecule has 0 bridgehead atoms. The van der Waals surface area contributed by atoms with Crippen molar-refractivity contribution < 1.29 is 0 Å². The summed E-state index contributed by atoms with van der Waals surface area (Å²) in [5.41, 5.74) is 0.494. The summed E-state index contributed by atoms with van der Waals surface area (Å²) >= 11 is 0. The Hall–Kier alpha value is -0.260. The van der Waals surface area contributed by atoms with Gasteiger partial charge in [-0.05, 0) is 17.8 Å². The molecule has 0 aliphatic heterocycles. The van der Waals surface area contributed by atoms with Crippen LogP contribution in [0.25, 0.3) is 0 Å². The maximum absolute atomic E-state index is 3.78. The Morgan fingerprint density at radius 3 is 2.30 bits per heavy atom. The van der Waals surface area contributed by atoms with E-state index in [1.807, 2.05) is 6.08 Å². The SMILES string of the molecule is C=C[C@@H](C)CC(C)(C)CC. The maximum atomic E-state index is 3.78. The molecule has 0 aliphatic carbocycles. The predicted octanol–water partition coefficient (Wildman–Crippen LogP) is 3.63. The van der Waals surface area contributed by atoms with Gasteiger partial charge in [0.1, 0.15) is 0 Å². The van der Waals surface area contributed by atoms with E-state index in [-0.39, 0.29) is 0 Å². The second kappa shape index (κ2) is 3.80. The van der Waals surface area contributed by atoms with Crippen LogP contribution in [0.15, 0.2) is 12.7 Å². The van der Waals surface area contributed by atoms with Crippen molar-refractivity contribution >= 4 is 0 Å². The smallest absolute Gasteiger partial charge is 0.0260 e. The summed E-state index contributed by atoms with van der Waals surface area (Å²) in [5, 5.41) is 0. The summed E-state index contributed by atoms with van der Waals surface area (Å²) in [6, 6.07) is 0. The van der Waals surface area contributed by atoms with Gasteiger partial charge in [-0.2, -0.15) is 0 Å². The minimum absolute atomic E-state index is 0.494. The lowest BCUT2D eigenvalue weighted by molar-refractivity contribution is 0.290. The summed E-state index contributed by atoms with van der Waals surface area (Å²) in [4.78, 5) is 0. The molecular formula is C10H20. The fraction of sp³-hybridized carbons (Fsp3) is 0.800. The molecule has 0 aliphatic rings. The molecule has 0 heteroatoms. The molecule has 60 valence electrons. The summed E-state index contributed by atoms with van der Waals surface area (Å²) in [5.74, 6) is 0.662. The molecule has 0 aromatic heterocycles. The Morgan fingerprint density at radius 1 is 1.50 bits per heavy atom. The summed E-state index contributed by atoms with van der Waals surface area (Å²) in [7, 11) is 0. The molecule has 10 heavy (non-hydrogen) atoms. The summed E-state index contributed by atoms with van der Waals surface area (Å²) in [6.07, 6.45) is 4.55. The molecule has 0 fully saturated rings. The van der Waals surface area contributed by atoms with Crippen molar-refractivity contribution in [1.82, 2.24) is 0 Å². The Labute approximate surface area is 65.3 Å². The van der Waals surface area contributed by atoms with E-state index < -0.39 is 0 Å². The van der Waals surface area contributed by atoms with E-state index in [4.69, 9.17) is 0 Å². The molecule has 0 spiro atoms. The molecule has 0 aromatic carbocycles. The average Bonchev–Trinajstić information content (AvgIpc) is 1.87. The van der Waals surface area contributed by atoms with Gasteiger partial charge in [0.25, 0.3) is 0 Å². The molecule has 0 heterocycles. The van der Waals surface area contributed by atoms with Gasteiger partial charge in [-0.1, -0.05) is 40.2 Å². The van der Waals surface area contributed by atoms with Crippen molar-refractivity contribution in [3.8, 4) is 0 Å². The van der Waals surface area contributed by atoms with Crippen LogP contribution in [-0.2, 0) is 0 Å². The second-order valence-electron chi connectivity index (χ2n) is 3.93. The lowest BCUT2D eigenvalue weighted by Gasteiger charge is -2.24. The first-order valence-electron chi connectivity index (χ1n) is 4.14. The first-order valence-corrected chi connectivity index (χ1v) is 4.14. The topological polar surface area (TPSA) is 0 Å². The van der Waals surface area contributed by atoms with E-state index in [1.54, 1.807) is 0 Å². The normalized spacial score (nSPS) is 14.8. The van der Waals surface area contributed by atoms with Crippen molar-refractivity contribution in [3.63, 3.8) is 0 Å². The quantitative estimate of drug-likeness (QED) is 0.523. The highest BCUT2D eigenvalue weighted by atomic mass is 14.2. The zero-order valence-corrected chi connectivity index (χ0v) is 7.78. The van der Waals surface area contributed by atoms with Crippen molar-refractivity contribution in [2.24, 2.45) is 11.3 Å². The Balaban J connectivity index is 3.75. The van der Waals surface area contributed by atoms with Crippen molar-refractivity contribution in [2.75, 3.05) is 0 Å². The number of hydrogen-bond donors (Lipinski definition) is 0. The summed E-state index contributed by atoms with van der Waals surface area (Å²) in [6.45, 7) is 12.9. The third kappa shape index (κ3) is 3.71. The van der Waals surface area contributed by atoms with E-state index in [0.29, 0.717) is 11.3 Å². The Morgan fingerprint density at radius 2 is 2.00 bits per heavy atom. The van der Waals surface area contributed by atoms with E-state index in [1.165, 1.54) is 12.8 Å². The van der Waals surface area contributed by atoms with Crippen LogP contribution < -0.4 is 0 Å². The van der Waals surface area contributed by atoms with Crippen LogP contribution in [0.2, 0.25) is 0 Å². The number of rotatable bonds is 4. The minimum Gasteiger partial charge on any atom is -0.103 e. The highest BCUT2D eigenvalue weighted by Crippen LogP contribution is 2.28. The van der Waals surface area contributed by atoms with Crippen LogP contribution >= 0.6 is 0 Å². The molecule has 0 unspecified atom stereocenters. The van der Waals surface area contributed by atoms with Gasteiger partial charge in [-0.3, -0.25) is 0 Å². The Kier molecular flexibility index (Phi) is 3.70. The lowest BCUT2D eigenvalue weighted by Crippen LogP contribution is -2.12. The lowest BCUT2D eigenvalue weighted by atomic mass is 9.81. The van der Waals surface area contributed by atoms with E-state index in [2.05, 4.69) is 34.3 Å². The first kappa shape index (κ1) is 9.74. The van der Waals surface area contributed by atoms with Crippen LogP contribution in [0.4, 0.5) is 0 Å². The van der Waals surface area contributed by atoms with Gasteiger partial charge >= 0.3 is 0 Å². The van der Waals surface area contributed by atoms with Gasteiger partial charge in [0.2, 0.25) is 0 Å². The molecule has 0 saturated heterocycles. The van der Waals surface area contributed by atoms with Crippen LogP contribution in [0.3, 0.4) is 0 Å². The molecule has 0 saturated carbocycles. The van der Waals surface area contributed by atoms with Crippen LogP contribution in [0.5, 0.6) is 0 Å². The fourth-order valence-electron chi connectivity index (χ4n) is 1.10. The number of allylic oxidation sites excluding steroid dienone is 1. The second-order valence-corrected chi connectivity index (χ2v) is 3.93. The molecule has 0 N–H and O–H groups in total. The highest BCUT2D eigenvalue weighted by molar-refractivity contribution is 4.80. The molecular weight excluding hydrogens is 120 g/mol. The van der Waals surface area contributed by atoms with Crippen LogP contribution in [0, 0.1) is 11.3 Å². The molecule has 1 atom stereocenters. The zero-order valence-electron chi connectivity index (χ0n) is 7.78. The van der Waals surface area contributed by atoms with Gasteiger partial charge < -0.3 is 0 Å². The predicted molar refractivity (Wildman–Crippen MR) is 48.1 cm³/mol. The van der Waals surface area contributed by atoms with E-state index in [0.717, 1.165) is 0 Å². The van der Waals surface area contributed by atoms with Crippen LogP contribution in [0.1, 0.15) is 40.5 Å². The molecule has 0 radical (unpaired) electrons. The highest BCUT2D eigenvalue weighted by Gasteiger charge is 2.16. The van der Waals surface area contributed by atoms with Gasteiger partial charge in [0.05, 0.1) is 0 Å². The van der Waals surface area contributed by atoms with Gasteiger partial charge in [-0.15, -0.1) is 6.58 Å². The first-order chi connectivity index (χ1) is 4.52. The molecule has 0 aromatic rings. The maximum Gasteiger partial charge on any atom is -0.0260 e. The van der Waals surface area contributed by atoms with E-state index >= 15 is 0 Å². The third-order valence-corrected chi connectivity index (χ3v) is 2.23. The van der Waals surface area contributed by atoms with Gasteiger partial charge in [0.15, 0.2) is 0 Å². The third-order valence-electron chi connectivity index (χ3n) is 2.23. The number of hydrogen-bond acceptors (Lipinski definition) is 0. The monoisotopic (exact) mass is 140 g/mol. The van der Waals surface area contributed by atoms with Crippen molar-refractivity contribution in [2.45, 2.75) is 40.5 Å². The standard InChI is InChI=1S/C10H20/c1-6-9(3)8-10(4,5)7-2/h6,9H,1,7-8H2,2-5H3/t9-/m1/s1. The van der Waals surface area contributed by atoms with Crippen molar-refractivity contribution in [1.29, 1.82) is 0 Å². The average molecular weight is 140 g/mol. The van der Waals surface area contributed by atoms with E-state index in [9.17, 15) is 0 Å². The molecule has 0 nitrogen and oxygen atoms in total. The zero-order chi connectivity index (χ0) is 8.20. The largest absolute Gasteiger partial charge is 0.103 e. The summed E-state index contributed by atoms with van der Waals surface area (Å²) < 4.78 is 0. The van der Waals surface area contributed by atoms with Crippen molar-refractivity contribution in [3.05, 3.63) is 12.7 Å². The Bertz CT molecular complexity index is 101. The van der Waals surface area contributed by atoms with Gasteiger partial charge in [0, 0.05) is 0 Å². The van der Waals surface area contributed by atoms with Gasteiger partial charge in [-0.25, -0.2) is 0 Å². The molecule has 0 rings (SSSR count). The van der Waals surface area contributed by atoms with Crippen LogP contribution in [-0.4, -0.2) is 0 Å². The fourth-order valence-corrected chi connectivity index (χ4v) is 1.10. The minimum atomic E-state index is 0.494. The molecule has 0 amide bonds.